The number of nitrogens with zero attached hydrogens (tertiary/aromatic N) is 1. The SMILES string of the molecule is CC(=O)N[C@H](C(=O)N[C@H](C(=O)N[C@@H](Cc1ccccc1)[C@H](O)C(=O)N1CSC(C)(C)C1C(=O)NCC1CC1)C(C)(C)C)c1ccccc1. The van der Waals surface area contributed by atoms with Gasteiger partial charge in [-0.2, -0.15) is 0 Å². The van der Waals surface area contributed by atoms with Crippen LogP contribution in [-0.2, 0) is 30.4 Å². The first-order chi connectivity index (χ1) is 22.6. The smallest absolute Gasteiger partial charge is 0.254 e. The zero-order valence-corrected chi connectivity index (χ0v) is 29.4. The molecule has 12 heteroatoms. The third-order valence-electron chi connectivity index (χ3n) is 8.76. The Morgan fingerprint density at radius 2 is 1.52 bits per heavy atom. The zero-order chi connectivity index (χ0) is 35.2. The second-order valence-electron chi connectivity index (χ2n) is 14.4. The van der Waals surface area contributed by atoms with E-state index < -0.39 is 64.1 Å². The van der Waals surface area contributed by atoms with Crippen molar-refractivity contribution in [1.82, 2.24) is 26.2 Å². The molecule has 1 unspecified atom stereocenters. The Morgan fingerprint density at radius 3 is 2.08 bits per heavy atom. The molecule has 0 spiro atoms. The topological polar surface area (TPSA) is 157 Å². The largest absolute Gasteiger partial charge is 0.381 e. The highest BCUT2D eigenvalue weighted by molar-refractivity contribution is 8.00. The molecule has 0 bridgehead atoms. The molecule has 4 rings (SSSR count). The van der Waals surface area contributed by atoms with E-state index in [9.17, 15) is 29.1 Å². The van der Waals surface area contributed by atoms with E-state index in [1.807, 2.05) is 44.2 Å². The van der Waals surface area contributed by atoms with E-state index in [1.54, 1.807) is 51.1 Å². The fraction of sp³-hybridized carbons (Fsp3) is 0.528. The van der Waals surface area contributed by atoms with Crippen molar-refractivity contribution in [2.24, 2.45) is 11.3 Å². The monoisotopic (exact) mass is 679 g/mol. The van der Waals surface area contributed by atoms with Crippen LogP contribution in [0.5, 0.6) is 0 Å². The molecule has 2 aromatic carbocycles. The number of rotatable bonds is 13. The number of carbonyl (C=O) groups excluding carboxylic acids is 5. The highest BCUT2D eigenvalue weighted by Gasteiger charge is 2.50. The lowest BCUT2D eigenvalue weighted by Crippen LogP contribution is -2.62. The number of aliphatic hydroxyl groups excluding tert-OH is 1. The van der Waals surface area contributed by atoms with Gasteiger partial charge in [0.1, 0.15) is 18.1 Å². The second kappa shape index (κ2) is 15.5. The Hall–Kier alpha value is -3.90. The van der Waals surface area contributed by atoms with E-state index >= 15 is 0 Å². The number of hydrogen-bond acceptors (Lipinski definition) is 7. The summed E-state index contributed by atoms with van der Waals surface area (Å²) < 4.78 is -0.591. The van der Waals surface area contributed by atoms with Crippen molar-refractivity contribution in [1.29, 1.82) is 0 Å². The summed E-state index contributed by atoms with van der Waals surface area (Å²) in [6.45, 7) is 11.0. The number of amides is 5. The number of thioether (sulfide) groups is 1. The maximum atomic E-state index is 14.1. The quantitative estimate of drug-likeness (QED) is 0.218. The summed E-state index contributed by atoms with van der Waals surface area (Å²) in [5.41, 5.74) is 0.517. The fourth-order valence-corrected chi connectivity index (χ4v) is 6.98. The van der Waals surface area contributed by atoms with Crippen LogP contribution in [0, 0.1) is 11.3 Å². The van der Waals surface area contributed by atoms with E-state index in [0.717, 1.165) is 18.4 Å². The molecule has 2 aromatic rings. The molecule has 1 aliphatic carbocycles. The number of carbonyl (C=O) groups is 5. The molecule has 5 N–H and O–H groups in total. The van der Waals surface area contributed by atoms with Crippen LogP contribution < -0.4 is 21.3 Å². The van der Waals surface area contributed by atoms with Gasteiger partial charge in [-0.05, 0) is 55.6 Å². The molecule has 260 valence electrons. The van der Waals surface area contributed by atoms with Crippen LogP contribution in [0.15, 0.2) is 60.7 Å². The van der Waals surface area contributed by atoms with Gasteiger partial charge in [-0.3, -0.25) is 24.0 Å². The third kappa shape index (κ3) is 9.59. The fourth-order valence-electron chi connectivity index (χ4n) is 5.84. The van der Waals surface area contributed by atoms with Crippen molar-refractivity contribution in [3.63, 3.8) is 0 Å². The summed E-state index contributed by atoms with van der Waals surface area (Å²) in [4.78, 5) is 68.5. The average molecular weight is 680 g/mol. The molecule has 0 aromatic heterocycles. The molecular weight excluding hydrogens is 630 g/mol. The molecule has 0 radical (unpaired) electrons. The van der Waals surface area contributed by atoms with Crippen molar-refractivity contribution in [2.45, 2.75) is 95.8 Å². The van der Waals surface area contributed by atoms with Crippen LogP contribution in [-0.4, -0.2) is 80.9 Å². The predicted molar refractivity (Wildman–Crippen MR) is 185 cm³/mol. The van der Waals surface area contributed by atoms with Gasteiger partial charge in [-0.15, -0.1) is 11.8 Å². The van der Waals surface area contributed by atoms with Crippen molar-refractivity contribution in [2.75, 3.05) is 12.4 Å². The zero-order valence-electron chi connectivity index (χ0n) is 28.6. The summed E-state index contributed by atoms with van der Waals surface area (Å²) in [6.07, 6.45) is 0.574. The molecule has 48 heavy (non-hydrogen) atoms. The van der Waals surface area contributed by atoms with Gasteiger partial charge < -0.3 is 31.3 Å². The number of nitrogens with one attached hydrogen (secondary N) is 4. The maximum absolute atomic E-state index is 14.1. The Morgan fingerprint density at radius 1 is 0.917 bits per heavy atom. The molecular formula is C36H49N5O6S. The summed E-state index contributed by atoms with van der Waals surface area (Å²) >= 11 is 1.46. The van der Waals surface area contributed by atoms with Crippen molar-refractivity contribution in [3.8, 4) is 0 Å². The van der Waals surface area contributed by atoms with E-state index in [1.165, 1.54) is 23.6 Å². The molecule has 2 fully saturated rings. The standard InChI is InChI=1S/C36H49N5O6S/c1-22(42)38-27(25-15-11-8-12-16-25)31(44)40-29(35(2,3)4)32(45)39-26(19-23-13-9-7-10-14-23)28(43)34(47)41-21-48-36(5,6)30(41)33(46)37-20-24-17-18-24/h7-16,24,26-30,43H,17-21H2,1-6H3,(H,37,46)(H,38,42)(H,39,45)(H,40,44)/t26-,27-,28-,29+,30?/m0/s1. The van der Waals surface area contributed by atoms with Gasteiger partial charge in [-0.25, -0.2) is 0 Å². The first-order valence-electron chi connectivity index (χ1n) is 16.5. The normalized spacial score (nSPS) is 19.7. The van der Waals surface area contributed by atoms with Gasteiger partial charge >= 0.3 is 0 Å². The minimum Gasteiger partial charge on any atom is -0.381 e. The second-order valence-corrected chi connectivity index (χ2v) is 16.0. The molecule has 1 saturated carbocycles. The first kappa shape index (κ1) is 36.9. The Labute approximate surface area is 287 Å². The first-order valence-corrected chi connectivity index (χ1v) is 17.4. The van der Waals surface area contributed by atoms with Crippen LogP contribution >= 0.6 is 11.8 Å². The third-order valence-corrected chi connectivity index (χ3v) is 10.1. The minimum absolute atomic E-state index is 0.117. The summed E-state index contributed by atoms with van der Waals surface area (Å²) in [5.74, 6) is -1.85. The van der Waals surface area contributed by atoms with Gasteiger partial charge in [0, 0.05) is 18.2 Å². The summed E-state index contributed by atoms with van der Waals surface area (Å²) in [6, 6.07) is 13.8. The van der Waals surface area contributed by atoms with E-state index in [-0.39, 0.29) is 18.2 Å². The Bertz CT molecular complexity index is 1460. The van der Waals surface area contributed by atoms with Gasteiger partial charge in [0.05, 0.1) is 11.9 Å². The molecule has 5 atom stereocenters. The molecule has 5 amide bonds. The molecule has 1 aliphatic heterocycles. The van der Waals surface area contributed by atoms with Gasteiger partial charge in [-0.1, -0.05) is 81.4 Å². The summed E-state index contributed by atoms with van der Waals surface area (Å²) in [7, 11) is 0. The lowest BCUT2D eigenvalue weighted by atomic mass is 9.85. The van der Waals surface area contributed by atoms with E-state index in [2.05, 4.69) is 21.3 Å². The van der Waals surface area contributed by atoms with Crippen LogP contribution in [0.4, 0.5) is 0 Å². The van der Waals surface area contributed by atoms with Crippen molar-refractivity contribution in [3.05, 3.63) is 71.8 Å². The minimum atomic E-state index is -1.69. The van der Waals surface area contributed by atoms with Crippen LogP contribution in [0.3, 0.4) is 0 Å². The highest BCUT2D eigenvalue weighted by atomic mass is 32.2. The number of hydrogen-bond donors (Lipinski definition) is 5. The average Bonchev–Trinajstić information content (AvgIpc) is 3.81. The molecule has 2 aliphatic rings. The number of benzene rings is 2. The molecule has 1 saturated heterocycles. The van der Waals surface area contributed by atoms with E-state index in [4.69, 9.17) is 0 Å². The molecule has 1 heterocycles. The van der Waals surface area contributed by atoms with Crippen LogP contribution in [0.2, 0.25) is 0 Å². The number of aliphatic hydroxyl groups is 1. The van der Waals surface area contributed by atoms with Crippen LogP contribution in [0.25, 0.3) is 0 Å². The Kier molecular flexibility index (Phi) is 12.0. The van der Waals surface area contributed by atoms with E-state index in [0.29, 0.717) is 18.0 Å². The lowest BCUT2D eigenvalue weighted by molar-refractivity contribution is -0.148. The Balaban J connectivity index is 1.58. The van der Waals surface area contributed by atoms with Crippen molar-refractivity contribution >= 4 is 41.3 Å². The molecule has 11 nitrogen and oxygen atoms in total. The van der Waals surface area contributed by atoms with Crippen molar-refractivity contribution < 1.29 is 29.1 Å². The van der Waals surface area contributed by atoms with Gasteiger partial charge in [0.2, 0.25) is 23.6 Å². The van der Waals surface area contributed by atoms with Gasteiger partial charge in [0.25, 0.3) is 5.91 Å². The highest BCUT2D eigenvalue weighted by Crippen LogP contribution is 2.40. The van der Waals surface area contributed by atoms with Crippen LogP contribution in [0.1, 0.15) is 71.6 Å². The lowest BCUT2D eigenvalue weighted by Gasteiger charge is -2.35. The maximum Gasteiger partial charge on any atom is 0.254 e. The predicted octanol–water partition coefficient (Wildman–Crippen LogP) is 2.69. The van der Waals surface area contributed by atoms with Gasteiger partial charge in [0.15, 0.2) is 6.10 Å². The summed E-state index contributed by atoms with van der Waals surface area (Å²) in [5, 5.41) is 23.0.